The summed E-state index contributed by atoms with van der Waals surface area (Å²) in [6.45, 7) is 6.55. The number of aliphatic hydroxyl groups excluding tert-OH is 1. The van der Waals surface area contributed by atoms with E-state index in [1.165, 1.54) is 6.42 Å². The lowest BCUT2D eigenvalue weighted by Gasteiger charge is -2.35. The van der Waals surface area contributed by atoms with Gasteiger partial charge >= 0.3 is 12.1 Å². The van der Waals surface area contributed by atoms with E-state index in [9.17, 15) is 19.5 Å². The van der Waals surface area contributed by atoms with Gasteiger partial charge in [0.25, 0.3) is 5.91 Å². The molecule has 1 heterocycles. The molecule has 2 aromatic carbocycles. The number of fused-ring (bicyclic) bond motifs is 1. The zero-order valence-electron chi connectivity index (χ0n) is 29.7. The van der Waals surface area contributed by atoms with Gasteiger partial charge in [0.2, 0.25) is 0 Å². The number of carbonyl (C=O) groups is 3. The molecule has 2 aromatic rings. The Bertz CT molecular complexity index is 1370. The standard InChI is InChI=1S/C37H55N5O7/c1-25-22-42(26(2)24-43)35(44)32-21-30(39-36(45)38-28-12-7-6-8-13-28)16-19-33(32)49-27(3)11-9-10-20-48-34(25)23-41(4)37(46)40-29-14-17-31(47-5)18-15-29/h14-19,21,25-28,34,43H,6-13,20,22-24H2,1-5H3,(H,40,46)(H2,38,39,45)/t25-,26+,27+,34+/m0/s1. The minimum absolute atomic E-state index is 0.141. The van der Waals surface area contributed by atoms with Gasteiger partial charge in [-0.15, -0.1) is 0 Å². The van der Waals surface area contributed by atoms with Crippen LogP contribution in [0.1, 0.15) is 82.5 Å². The first-order valence-corrected chi connectivity index (χ1v) is 17.7. The van der Waals surface area contributed by atoms with Crippen molar-refractivity contribution in [3.05, 3.63) is 48.0 Å². The Hall–Kier alpha value is -4.03. The summed E-state index contributed by atoms with van der Waals surface area (Å²) in [4.78, 5) is 43.6. The van der Waals surface area contributed by atoms with Gasteiger partial charge in [-0.3, -0.25) is 4.79 Å². The van der Waals surface area contributed by atoms with Crippen LogP contribution >= 0.6 is 0 Å². The summed E-state index contributed by atoms with van der Waals surface area (Å²) >= 11 is 0. The normalized spacial score (nSPS) is 21.7. The molecule has 1 saturated carbocycles. The molecule has 5 amide bonds. The Kier molecular flexibility index (Phi) is 14.4. The molecular weight excluding hydrogens is 626 g/mol. The van der Waals surface area contributed by atoms with Crippen LogP contribution in [0.3, 0.4) is 0 Å². The lowest BCUT2D eigenvalue weighted by atomic mass is 9.96. The highest BCUT2D eigenvalue weighted by Crippen LogP contribution is 2.29. The minimum Gasteiger partial charge on any atom is -0.497 e. The molecular formula is C37H55N5O7. The number of ether oxygens (including phenoxy) is 3. The molecule has 1 aliphatic heterocycles. The van der Waals surface area contributed by atoms with E-state index in [0.717, 1.165) is 44.9 Å². The van der Waals surface area contributed by atoms with E-state index in [0.29, 0.717) is 41.6 Å². The molecule has 0 radical (unpaired) electrons. The number of methoxy groups -OCH3 is 1. The van der Waals surface area contributed by atoms with Crippen LogP contribution in [0.4, 0.5) is 21.0 Å². The molecule has 0 spiro atoms. The number of nitrogens with one attached hydrogen (secondary N) is 3. The lowest BCUT2D eigenvalue weighted by molar-refractivity contribution is -0.0115. The molecule has 0 unspecified atom stereocenters. The summed E-state index contributed by atoms with van der Waals surface area (Å²) in [6, 6.07) is 11.3. The van der Waals surface area contributed by atoms with Crippen molar-refractivity contribution in [3.63, 3.8) is 0 Å². The van der Waals surface area contributed by atoms with E-state index in [4.69, 9.17) is 14.2 Å². The van der Waals surface area contributed by atoms with Gasteiger partial charge in [-0.2, -0.15) is 0 Å². The smallest absolute Gasteiger partial charge is 0.321 e. The fourth-order valence-corrected chi connectivity index (χ4v) is 6.31. The van der Waals surface area contributed by atoms with Crippen molar-refractivity contribution in [1.29, 1.82) is 0 Å². The van der Waals surface area contributed by atoms with E-state index >= 15 is 0 Å². The van der Waals surface area contributed by atoms with Crippen molar-refractivity contribution in [2.75, 3.05) is 51.1 Å². The summed E-state index contributed by atoms with van der Waals surface area (Å²) in [7, 11) is 3.30. The maximum absolute atomic E-state index is 14.4. The van der Waals surface area contributed by atoms with Crippen molar-refractivity contribution < 1.29 is 33.7 Å². The van der Waals surface area contributed by atoms with E-state index in [1.54, 1.807) is 73.3 Å². The number of urea groups is 2. The molecule has 0 bridgehead atoms. The Morgan fingerprint density at radius 3 is 2.39 bits per heavy atom. The molecule has 12 nitrogen and oxygen atoms in total. The van der Waals surface area contributed by atoms with Gasteiger partial charge in [-0.25, -0.2) is 9.59 Å². The third-order valence-electron chi connectivity index (χ3n) is 9.39. The Balaban J connectivity index is 1.54. The number of aliphatic hydroxyl groups is 1. The van der Waals surface area contributed by atoms with E-state index in [2.05, 4.69) is 16.0 Å². The van der Waals surface area contributed by atoms with Crippen LogP contribution in [0.15, 0.2) is 42.5 Å². The second-order valence-corrected chi connectivity index (χ2v) is 13.5. The van der Waals surface area contributed by atoms with Crippen molar-refractivity contribution in [1.82, 2.24) is 15.1 Å². The third-order valence-corrected chi connectivity index (χ3v) is 9.39. The largest absolute Gasteiger partial charge is 0.497 e. The monoisotopic (exact) mass is 681 g/mol. The van der Waals surface area contributed by atoms with Gasteiger partial charge in [0.15, 0.2) is 0 Å². The van der Waals surface area contributed by atoms with Crippen LogP contribution in [0.5, 0.6) is 11.5 Å². The van der Waals surface area contributed by atoms with E-state index in [-0.39, 0.29) is 55.3 Å². The molecule has 0 saturated heterocycles. The fraction of sp³-hybridized carbons (Fsp3) is 0.595. The molecule has 49 heavy (non-hydrogen) atoms. The predicted octanol–water partition coefficient (Wildman–Crippen LogP) is 6.11. The molecule has 4 N–H and O–H groups in total. The van der Waals surface area contributed by atoms with E-state index in [1.807, 2.05) is 13.8 Å². The topological polar surface area (TPSA) is 142 Å². The number of hydrogen-bond acceptors (Lipinski definition) is 7. The van der Waals surface area contributed by atoms with E-state index < -0.39 is 6.04 Å². The highest BCUT2D eigenvalue weighted by atomic mass is 16.5. The second kappa shape index (κ2) is 18.7. The Morgan fingerprint density at radius 1 is 1.00 bits per heavy atom. The molecule has 270 valence electrons. The molecule has 4 rings (SSSR count). The zero-order chi connectivity index (χ0) is 35.3. The first-order chi connectivity index (χ1) is 23.6. The first kappa shape index (κ1) is 37.8. The van der Waals surface area contributed by atoms with Crippen LogP contribution in [0, 0.1) is 5.92 Å². The summed E-state index contributed by atoms with van der Waals surface area (Å²) in [5.74, 6) is 0.593. The molecule has 1 fully saturated rings. The highest BCUT2D eigenvalue weighted by molar-refractivity contribution is 5.99. The van der Waals surface area contributed by atoms with Gasteiger partial charge in [-0.05, 0) is 88.4 Å². The summed E-state index contributed by atoms with van der Waals surface area (Å²) in [5, 5.41) is 19.1. The van der Waals surface area contributed by atoms with Gasteiger partial charge in [0, 0.05) is 50.1 Å². The number of rotatable bonds is 8. The molecule has 1 aliphatic carbocycles. The second-order valence-electron chi connectivity index (χ2n) is 13.5. The summed E-state index contributed by atoms with van der Waals surface area (Å²) in [6.07, 6.45) is 7.17. The maximum atomic E-state index is 14.4. The zero-order valence-corrected chi connectivity index (χ0v) is 29.7. The number of carbonyl (C=O) groups excluding carboxylic acids is 3. The molecule has 0 aromatic heterocycles. The molecule has 2 aliphatic rings. The minimum atomic E-state index is -0.518. The third kappa shape index (κ3) is 11.3. The average molecular weight is 682 g/mol. The van der Waals surface area contributed by atoms with Gasteiger partial charge in [0.1, 0.15) is 11.5 Å². The van der Waals surface area contributed by atoms with Crippen LogP contribution in [0.25, 0.3) is 0 Å². The number of likely N-dealkylation sites (N-methyl/N-ethyl adjacent to an activating group) is 1. The van der Waals surface area contributed by atoms with Gasteiger partial charge in [0.05, 0.1) is 37.5 Å². The average Bonchev–Trinajstić information content (AvgIpc) is 3.10. The first-order valence-electron chi connectivity index (χ1n) is 17.7. The van der Waals surface area contributed by atoms with Gasteiger partial charge < -0.3 is 45.1 Å². The van der Waals surface area contributed by atoms with Crippen molar-refractivity contribution >= 4 is 29.3 Å². The summed E-state index contributed by atoms with van der Waals surface area (Å²) < 4.78 is 17.9. The lowest BCUT2D eigenvalue weighted by Crippen LogP contribution is -2.48. The summed E-state index contributed by atoms with van der Waals surface area (Å²) in [5.41, 5.74) is 1.43. The molecule has 12 heteroatoms. The Labute approximate surface area is 290 Å². The van der Waals surface area contributed by atoms with Gasteiger partial charge in [-0.1, -0.05) is 26.2 Å². The van der Waals surface area contributed by atoms with Crippen molar-refractivity contribution in [2.24, 2.45) is 5.92 Å². The number of nitrogens with zero attached hydrogens (tertiary/aromatic N) is 2. The molecule has 4 atom stereocenters. The predicted molar refractivity (Wildman–Crippen MR) is 191 cm³/mol. The van der Waals surface area contributed by atoms with Crippen molar-refractivity contribution in [2.45, 2.75) is 96.4 Å². The highest BCUT2D eigenvalue weighted by Gasteiger charge is 2.31. The number of amides is 5. The van der Waals surface area contributed by atoms with Crippen LogP contribution in [0.2, 0.25) is 0 Å². The van der Waals surface area contributed by atoms with Crippen LogP contribution in [-0.2, 0) is 4.74 Å². The van der Waals surface area contributed by atoms with Crippen LogP contribution < -0.4 is 25.4 Å². The number of anilines is 2. The number of hydrogen-bond donors (Lipinski definition) is 4. The quantitative estimate of drug-likeness (QED) is 0.264. The van der Waals surface area contributed by atoms with Crippen LogP contribution in [-0.4, -0.2) is 97.6 Å². The Morgan fingerprint density at radius 2 is 1.69 bits per heavy atom. The number of benzene rings is 2. The SMILES string of the molecule is COc1ccc(NC(=O)N(C)C[C@H]2OCCCC[C@@H](C)Oc3ccc(NC(=O)NC4CCCCC4)cc3C(=O)N([C@H](C)CO)C[C@@H]2C)cc1. The van der Waals surface area contributed by atoms with Crippen molar-refractivity contribution in [3.8, 4) is 11.5 Å². The maximum Gasteiger partial charge on any atom is 0.321 e. The fourth-order valence-electron chi connectivity index (χ4n) is 6.31.